The highest BCUT2D eigenvalue weighted by Gasteiger charge is 2.14. The first-order chi connectivity index (χ1) is 12.0. The minimum Gasteiger partial charge on any atom is -0.493 e. The Balaban J connectivity index is 2.08. The standard InChI is InChI=1S/C19H19FN2O3/c1-4-11-21-19(23)13(2)22-14-9-10-16(15(20)12-14)25-18-8-6-5-7-17(18)24-3/h1,5-10,12-13,22H,11H2,2-3H3,(H,21,23)/t13-/m0/s1. The van der Waals surface area contributed by atoms with E-state index in [1.165, 1.54) is 19.2 Å². The minimum absolute atomic E-state index is 0.0551. The predicted molar refractivity (Wildman–Crippen MR) is 94.4 cm³/mol. The van der Waals surface area contributed by atoms with E-state index in [0.717, 1.165) is 0 Å². The normalized spacial score (nSPS) is 11.1. The van der Waals surface area contributed by atoms with Gasteiger partial charge in [0.1, 0.15) is 6.04 Å². The van der Waals surface area contributed by atoms with Crippen molar-refractivity contribution in [1.29, 1.82) is 0 Å². The van der Waals surface area contributed by atoms with Crippen molar-refractivity contribution in [2.24, 2.45) is 0 Å². The number of hydrogen-bond acceptors (Lipinski definition) is 4. The number of rotatable bonds is 7. The lowest BCUT2D eigenvalue weighted by Crippen LogP contribution is -2.37. The minimum atomic E-state index is -0.563. The van der Waals surface area contributed by atoms with Gasteiger partial charge in [0.05, 0.1) is 13.7 Å². The molecule has 0 aliphatic rings. The van der Waals surface area contributed by atoms with E-state index < -0.39 is 11.9 Å². The van der Waals surface area contributed by atoms with Gasteiger partial charge < -0.3 is 20.1 Å². The van der Waals surface area contributed by atoms with Crippen LogP contribution in [0.4, 0.5) is 10.1 Å². The van der Waals surface area contributed by atoms with Crippen LogP contribution >= 0.6 is 0 Å². The lowest BCUT2D eigenvalue weighted by molar-refractivity contribution is -0.121. The molecule has 0 unspecified atom stereocenters. The molecule has 130 valence electrons. The second-order valence-corrected chi connectivity index (χ2v) is 5.19. The van der Waals surface area contributed by atoms with E-state index in [4.69, 9.17) is 15.9 Å². The Bertz CT molecular complexity index is 786. The van der Waals surface area contributed by atoms with Crippen LogP contribution in [-0.2, 0) is 4.79 Å². The zero-order valence-corrected chi connectivity index (χ0v) is 14.0. The zero-order valence-electron chi connectivity index (χ0n) is 14.0. The number of anilines is 1. The second kappa shape index (κ2) is 8.60. The van der Waals surface area contributed by atoms with Gasteiger partial charge in [0.15, 0.2) is 23.1 Å². The third-order valence-corrected chi connectivity index (χ3v) is 3.36. The maximum atomic E-state index is 14.3. The number of carbonyl (C=O) groups excluding carboxylic acids is 1. The number of para-hydroxylation sites is 2. The molecule has 2 rings (SSSR count). The fourth-order valence-electron chi connectivity index (χ4n) is 2.10. The van der Waals surface area contributed by atoms with Gasteiger partial charge in [-0.1, -0.05) is 18.1 Å². The maximum Gasteiger partial charge on any atom is 0.242 e. The van der Waals surface area contributed by atoms with Crippen LogP contribution in [-0.4, -0.2) is 25.6 Å². The summed E-state index contributed by atoms with van der Waals surface area (Å²) in [7, 11) is 1.51. The molecule has 0 saturated carbocycles. The second-order valence-electron chi connectivity index (χ2n) is 5.19. The van der Waals surface area contributed by atoms with E-state index in [-0.39, 0.29) is 18.2 Å². The van der Waals surface area contributed by atoms with Crippen molar-refractivity contribution in [3.05, 3.63) is 48.3 Å². The van der Waals surface area contributed by atoms with E-state index in [0.29, 0.717) is 17.2 Å². The predicted octanol–water partition coefficient (Wildman–Crippen LogP) is 3.18. The molecule has 2 N–H and O–H groups in total. The Hall–Kier alpha value is -3.20. The molecule has 0 spiro atoms. The zero-order chi connectivity index (χ0) is 18.2. The first kappa shape index (κ1) is 18.1. The number of nitrogens with one attached hydrogen (secondary N) is 2. The fraction of sp³-hybridized carbons (Fsp3) is 0.211. The summed E-state index contributed by atoms with van der Waals surface area (Å²) in [6.07, 6.45) is 5.09. The lowest BCUT2D eigenvalue weighted by atomic mass is 10.2. The van der Waals surface area contributed by atoms with Crippen molar-refractivity contribution in [3.63, 3.8) is 0 Å². The van der Waals surface area contributed by atoms with Gasteiger partial charge in [-0.2, -0.15) is 0 Å². The molecule has 0 saturated heterocycles. The summed E-state index contributed by atoms with van der Waals surface area (Å²) in [5.74, 6) is 2.45. The number of amides is 1. The number of halogens is 1. The average molecular weight is 342 g/mol. The average Bonchev–Trinajstić information content (AvgIpc) is 2.62. The molecule has 0 radical (unpaired) electrons. The van der Waals surface area contributed by atoms with Gasteiger partial charge in [-0.05, 0) is 31.2 Å². The molecule has 5 nitrogen and oxygen atoms in total. The lowest BCUT2D eigenvalue weighted by Gasteiger charge is -2.15. The largest absolute Gasteiger partial charge is 0.493 e. The monoisotopic (exact) mass is 342 g/mol. The van der Waals surface area contributed by atoms with Crippen LogP contribution < -0.4 is 20.1 Å². The number of hydrogen-bond donors (Lipinski definition) is 2. The molecule has 25 heavy (non-hydrogen) atoms. The highest BCUT2D eigenvalue weighted by molar-refractivity contribution is 5.84. The topological polar surface area (TPSA) is 59.6 Å². The molecular weight excluding hydrogens is 323 g/mol. The molecule has 1 amide bonds. The summed E-state index contributed by atoms with van der Waals surface area (Å²) in [5.41, 5.74) is 0.452. The number of terminal acetylenes is 1. The van der Waals surface area contributed by atoms with Crippen LogP contribution in [0, 0.1) is 18.2 Å². The van der Waals surface area contributed by atoms with Crippen molar-refractivity contribution >= 4 is 11.6 Å². The number of methoxy groups -OCH3 is 1. The molecule has 2 aromatic rings. The Morgan fingerprint density at radius 3 is 2.60 bits per heavy atom. The maximum absolute atomic E-state index is 14.3. The Morgan fingerprint density at radius 2 is 1.96 bits per heavy atom. The van der Waals surface area contributed by atoms with Crippen molar-refractivity contribution in [2.45, 2.75) is 13.0 Å². The van der Waals surface area contributed by atoms with E-state index in [1.54, 1.807) is 37.3 Å². The summed E-state index contributed by atoms with van der Waals surface area (Å²) < 4.78 is 25.0. The van der Waals surface area contributed by atoms with Crippen LogP contribution in [0.25, 0.3) is 0 Å². The van der Waals surface area contributed by atoms with Gasteiger partial charge in [0.25, 0.3) is 0 Å². The van der Waals surface area contributed by atoms with Gasteiger partial charge in [-0.3, -0.25) is 4.79 Å². The first-order valence-electron chi connectivity index (χ1n) is 7.63. The Morgan fingerprint density at radius 1 is 1.24 bits per heavy atom. The van der Waals surface area contributed by atoms with E-state index in [2.05, 4.69) is 16.6 Å². The Kier molecular flexibility index (Phi) is 6.24. The number of carbonyl (C=O) groups is 1. The molecule has 0 aromatic heterocycles. The third kappa shape index (κ3) is 4.88. The quantitative estimate of drug-likeness (QED) is 0.759. The molecule has 6 heteroatoms. The SMILES string of the molecule is C#CCNC(=O)[C@H](C)Nc1ccc(Oc2ccccc2OC)c(F)c1. The van der Waals surface area contributed by atoms with Crippen molar-refractivity contribution in [1.82, 2.24) is 5.32 Å². The summed E-state index contributed by atoms with van der Waals surface area (Å²) >= 11 is 0. The molecule has 2 aromatic carbocycles. The molecule has 0 fully saturated rings. The molecule has 0 bridgehead atoms. The van der Waals surface area contributed by atoms with Gasteiger partial charge in [-0.25, -0.2) is 4.39 Å². The van der Waals surface area contributed by atoms with E-state index in [1.807, 2.05) is 0 Å². The smallest absolute Gasteiger partial charge is 0.242 e. The van der Waals surface area contributed by atoms with Gasteiger partial charge in [0, 0.05) is 11.8 Å². The highest BCUT2D eigenvalue weighted by Crippen LogP contribution is 2.33. The van der Waals surface area contributed by atoms with Crippen LogP contribution in [0.3, 0.4) is 0 Å². The molecule has 0 heterocycles. The van der Waals surface area contributed by atoms with E-state index >= 15 is 0 Å². The van der Waals surface area contributed by atoms with Crippen LogP contribution in [0.5, 0.6) is 17.2 Å². The highest BCUT2D eigenvalue weighted by atomic mass is 19.1. The van der Waals surface area contributed by atoms with Crippen LogP contribution in [0.1, 0.15) is 6.92 Å². The van der Waals surface area contributed by atoms with Gasteiger partial charge in [0.2, 0.25) is 5.91 Å². The fourth-order valence-corrected chi connectivity index (χ4v) is 2.10. The summed E-state index contributed by atoms with van der Waals surface area (Å²) in [5, 5.41) is 5.46. The molecule has 0 aliphatic carbocycles. The number of benzene rings is 2. The Labute approximate surface area is 146 Å². The van der Waals surface area contributed by atoms with Crippen molar-refractivity contribution in [2.75, 3.05) is 19.0 Å². The van der Waals surface area contributed by atoms with E-state index in [9.17, 15) is 9.18 Å². The molecule has 1 atom stereocenters. The van der Waals surface area contributed by atoms with Crippen molar-refractivity contribution in [3.8, 4) is 29.6 Å². The van der Waals surface area contributed by atoms with Crippen molar-refractivity contribution < 1.29 is 18.7 Å². The number of ether oxygens (including phenoxy) is 2. The first-order valence-corrected chi connectivity index (χ1v) is 7.63. The summed E-state index contributed by atoms with van der Waals surface area (Å²) in [4.78, 5) is 11.8. The van der Waals surface area contributed by atoms with Crippen LogP contribution in [0.2, 0.25) is 0 Å². The molecule has 0 aliphatic heterocycles. The summed E-state index contributed by atoms with van der Waals surface area (Å²) in [6, 6.07) is 10.8. The van der Waals surface area contributed by atoms with Crippen LogP contribution in [0.15, 0.2) is 42.5 Å². The summed E-state index contributed by atoms with van der Waals surface area (Å²) in [6.45, 7) is 1.80. The van der Waals surface area contributed by atoms with Gasteiger partial charge in [-0.15, -0.1) is 6.42 Å². The third-order valence-electron chi connectivity index (χ3n) is 3.36. The molecular formula is C19H19FN2O3. The van der Waals surface area contributed by atoms with Gasteiger partial charge >= 0.3 is 0 Å².